The fourth-order valence-corrected chi connectivity index (χ4v) is 1.24. The Bertz CT molecular complexity index is 405. The molecule has 4 N–H and O–H groups in total. The summed E-state index contributed by atoms with van der Waals surface area (Å²) in [6.07, 6.45) is 1.31. The van der Waals surface area contributed by atoms with Crippen LogP contribution in [0.25, 0.3) is 0 Å². The minimum Gasteiger partial charge on any atom is -0.478 e. The predicted molar refractivity (Wildman–Crippen MR) is 68.1 cm³/mol. The van der Waals surface area contributed by atoms with E-state index in [1.807, 2.05) is 0 Å². The Morgan fingerprint density at radius 2 is 2.18 bits per heavy atom. The molecular formula is C12H19N3O2. The van der Waals surface area contributed by atoms with Crippen molar-refractivity contribution in [3.63, 3.8) is 0 Å². The van der Waals surface area contributed by atoms with E-state index in [0.29, 0.717) is 23.3 Å². The maximum Gasteiger partial charge on any atom is 0.337 e. The van der Waals surface area contributed by atoms with Crippen LogP contribution in [0.5, 0.6) is 0 Å². The van der Waals surface area contributed by atoms with Gasteiger partial charge in [0.15, 0.2) is 0 Å². The normalized spacial score (nSPS) is 12.5. The van der Waals surface area contributed by atoms with Crippen LogP contribution in [0.1, 0.15) is 31.1 Å². The first-order valence-corrected chi connectivity index (χ1v) is 5.64. The van der Waals surface area contributed by atoms with Gasteiger partial charge in [-0.25, -0.2) is 9.78 Å². The van der Waals surface area contributed by atoms with E-state index in [-0.39, 0.29) is 5.56 Å². The molecule has 0 radical (unpaired) electrons. The van der Waals surface area contributed by atoms with Crippen molar-refractivity contribution < 1.29 is 9.90 Å². The molecule has 1 aromatic rings. The summed E-state index contributed by atoms with van der Waals surface area (Å²) in [6.45, 7) is 7.20. The Labute approximate surface area is 101 Å². The summed E-state index contributed by atoms with van der Waals surface area (Å²) in [7, 11) is 0. The van der Waals surface area contributed by atoms with Crippen LogP contribution in [0.2, 0.25) is 0 Å². The van der Waals surface area contributed by atoms with Gasteiger partial charge in [0.2, 0.25) is 0 Å². The molecule has 0 saturated heterocycles. The SMILES string of the molecule is CC(C)C(C)CNc1ncc(C(=O)O)cc1N. The predicted octanol–water partition coefficient (Wildman–Crippen LogP) is 2.07. The average Bonchev–Trinajstić information content (AvgIpc) is 2.26. The Hall–Kier alpha value is -1.78. The van der Waals surface area contributed by atoms with Crippen molar-refractivity contribution in [3.05, 3.63) is 17.8 Å². The molecule has 94 valence electrons. The van der Waals surface area contributed by atoms with Crippen LogP contribution in [0.15, 0.2) is 12.3 Å². The highest BCUT2D eigenvalue weighted by molar-refractivity contribution is 5.89. The largest absolute Gasteiger partial charge is 0.478 e. The third kappa shape index (κ3) is 3.62. The Kier molecular flexibility index (Phi) is 4.31. The molecular weight excluding hydrogens is 218 g/mol. The van der Waals surface area contributed by atoms with Crippen LogP contribution >= 0.6 is 0 Å². The molecule has 0 bridgehead atoms. The third-order valence-electron chi connectivity index (χ3n) is 2.89. The zero-order valence-electron chi connectivity index (χ0n) is 10.4. The number of hydrogen-bond donors (Lipinski definition) is 3. The van der Waals surface area contributed by atoms with Gasteiger partial charge in [0, 0.05) is 12.7 Å². The molecule has 1 atom stereocenters. The minimum absolute atomic E-state index is 0.102. The van der Waals surface area contributed by atoms with Crippen molar-refractivity contribution in [2.45, 2.75) is 20.8 Å². The smallest absolute Gasteiger partial charge is 0.337 e. The molecule has 5 nitrogen and oxygen atoms in total. The molecule has 1 unspecified atom stereocenters. The number of pyridine rings is 1. The lowest BCUT2D eigenvalue weighted by atomic mass is 9.98. The fraction of sp³-hybridized carbons (Fsp3) is 0.500. The van der Waals surface area contributed by atoms with Crippen molar-refractivity contribution in [2.75, 3.05) is 17.6 Å². The second-order valence-corrected chi connectivity index (χ2v) is 4.57. The molecule has 1 heterocycles. The lowest BCUT2D eigenvalue weighted by molar-refractivity contribution is 0.0696. The molecule has 0 aromatic carbocycles. The van der Waals surface area contributed by atoms with Gasteiger partial charge in [0.05, 0.1) is 11.3 Å². The van der Waals surface area contributed by atoms with Crippen LogP contribution in [-0.2, 0) is 0 Å². The molecule has 0 fully saturated rings. The molecule has 0 aliphatic carbocycles. The number of nitrogen functional groups attached to an aromatic ring is 1. The first-order chi connectivity index (χ1) is 7.91. The van der Waals surface area contributed by atoms with Gasteiger partial charge in [0.25, 0.3) is 0 Å². The maximum atomic E-state index is 10.7. The summed E-state index contributed by atoms with van der Waals surface area (Å²) in [5, 5.41) is 11.9. The summed E-state index contributed by atoms with van der Waals surface area (Å²) in [4.78, 5) is 14.7. The lowest BCUT2D eigenvalue weighted by Crippen LogP contribution is -2.17. The summed E-state index contributed by atoms with van der Waals surface area (Å²) in [6, 6.07) is 1.41. The average molecular weight is 237 g/mol. The van der Waals surface area contributed by atoms with Gasteiger partial charge in [-0.15, -0.1) is 0 Å². The van der Waals surface area contributed by atoms with Gasteiger partial charge in [-0.2, -0.15) is 0 Å². The van der Waals surface area contributed by atoms with Gasteiger partial charge >= 0.3 is 5.97 Å². The zero-order chi connectivity index (χ0) is 13.0. The number of nitrogens with one attached hydrogen (secondary N) is 1. The second kappa shape index (κ2) is 5.52. The molecule has 0 saturated carbocycles. The monoisotopic (exact) mass is 237 g/mol. The fourth-order valence-electron chi connectivity index (χ4n) is 1.24. The van der Waals surface area contributed by atoms with E-state index in [0.717, 1.165) is 6.54 Å². The highest BCUT2D eigenvalue weighted by Gasteiger charge is 2.10. The summed E-state index contributed by atoms with van der Waals surface area (Å²) < 4.78 is 0. The quantitative estimate of drug-likeness (QED) is 0.729. The number of carbonyl (C=O) groups is 1. The van der Waals surface area contributed by atoms with E-state index in [9.17, 15) is 4.79 Å². The maximum absolute atomic E-state index is 10.7. The zero-order valence-corrected chi connectivity index (χ0v) is 10.4. The first kappa shape index (κ1) is 13.3. The van der Waals surface area contributed by atoms with Crippen molar-refractivity contribution >= 4 is 17.5 Å². The number of anilines is 2. The molecule has 1 aromatic heterocycles. The lowest BCUT2D eigenvalue weighted by Gasteiger charge is -2.17. The molecule has 0 aliphatic rings. The summed E-state index contributed by atoms with van der Waals surface area (Å²) in [5.41, 5.74) is 6.20. The van der Waals surface area contributed by atoms with E-state index in [1.54, 1.807) is 0 Å². The van der Waals surface area contributed by atoms with E-state index in [2.05, 4.69) is 31.1 Å². The number of carboxylic acid groups (broad SMARTS) is 1. The number of aromatic nitrogens is 1. The first-order valence-electron chi connectivity index (χ1n) is 5.64. The summed E-state index contributed by atoms with van der Waals surface area (Å²) in [5.74, 6) is 0.589. The van der Waals surface area contributed by atoms with E-state index in [1.165, 1.54) is 12.3 Å². The number of rotatable bonds is 5. The van der Waals surface area contributed by atoms with E-state index >= 15 is 0 Å². The Balaban J connectivity index is 2.70. The summed E-state index contributed by atoms with van der Waals surface area (Å²) >= 11 is 0. The van der Waals surface area contributed by atoms with Crippen molar-refractivity contribution in [3.8, 4) is 0 Å². The number of hydrogen-bond acceptors (Lipinski definition) is 4. The van der Waals surface area contributed by atoms with Crippen molar-refractivity contribution in [2.24, 2.45) is 11.8 Å². The van der Waals surface area contributed by atoms with E-state index in [4.69, 9.17) is 10.8 Å². The van der Waals surface area contributed by atoms with Gasteiger partial charge in [-0.3, -0.25) is 0 Å². The Morgan fingerprint density at radius 1 is 1.53 bits per heavy atom. The van der Waals surface area contributed by atoms with Crippen LogP contribution in [0.4, 0.5) is 11.5 Å². The van der Waals surface area contributed by atoms with Crippen LogP contribution < -0.4 is 11.1 Å². The Morgan fingerprint density at radius 3 is 2.65 bits per heavy atom. The molecule has 0 amide bonds. The van der Waals surface area contributed by atoms with Crippen molar-refractivity contribution in [1.29, 1.82) is 0 Å². The minimum atomic E-state index is -1.02. The van der Waals surface area contributed by atoms with E-state index < -0.39 is 5.97 Å². The van der Waals surface area contributed by atoms with Crippen molar-refractivity contribution in [1.82, 2.24) is 4.98 Å². The topological polar surface area (TPSA) is 88.2 Å². The standard InChI is InChI=1S/C12H19N3O2/c1-7(2)8(3)5-14-11-10(13)4-9(6-15-11)12(16)17/h4,6-8H,5,13H2,1-3H3,(H,14,15)(H,16,17). The number of aromatic carboxylic acids is 1. The van der Waals surface area contributed by atoms with Crippen LogP contribution in [-0.4, -0.2) is 22.6 Å². The van der Waals surface area contributed by atoms with Crippen LogP contribution in [0.3, 0.4) is 0 Å². The number of carboxylic acids is 1. The third-order valence-corrected chi connectivity index (χ3v) is 2.89. The van der Waals surface area contributed by atoms with Gasteiger partial charge in [-0.05, 0) is 17.9 Å². The number of nitrogens with two attached hydrogens (primary N) is 1. The van der Waals surface area contributed by atoms with Gasteiger partial charge in [0.1, 0.15) is 5.82 Å². The molecule has 0 aliphatic heterocycles. The van der Waals surface area contributed by atoms with Gasteiger partial charge < -0.3 is 16.2 Å². The number of nitrogens with zero attached hydrogens (tertiary/aromatic N) is 1. The highest BCUT2D eigenvalue weighted by atomic mass is 16.4. The highest BCUT2D eigenvalue weighted by Crippen LogP contribution is 2.18. The van der Waals surface area contributed by atoms with Crippen LogP contribution in [0, 0.1) is 11.8 Å². The second-order valence-electron chi connectivity index (χ2n) is 4.57. The molecule has 0 spiro atoms. The van der Waals surface area contributed by atoms with Gasteiger partial charge in [-0.1, -0.05) is 20.8 Å². The molecule has 1 rings (SSSR count). The molecule has 5 heteroatoms. The molecule has 17 heavy (non-hydrogen) atoms.